The van der Waals surface area contributed by atoms with E-state index in [9.17, 15) is 4.79 Å². The van der Waals surface area contributed by atoms with Crippen molar-refractivity contribution in [2.45, 2.75) is 26.8 Å². The molecule has 9 heavy (non-hydrogen) atoms. The fraction of sp³-hybridized carbons (Fsp3) is 0.714. The van der Waals surface area contributed by atoms with Gasteiger partial charge < -0.3 is 5.32 Å². The third kappa shape index (κ3) is 4.01. The molecular formula is C7H13NO. The third-order valence-corrected chi connectivity index (χ3v) is 1.37. The van der Waals surface area contributed by atoms with Crippen molar-refractivity contribution in [1.29, 1.82) is 0 Å². The first-order chi connectivity index (χ1) is 4.04. The van der Waals surface area contributed by atoms with E-state index < -0.39 is 5.91 Å². The summed E-state index contributed by atoms with van der Waals surface area (Å²) in [6.45, 7) is 10.9. The minimum absolute atomic E-state index is 0.169. The molecule has 0 aliphatic carbocycles. The Balaban J connectivity index is 3.50. The molecule has 0 saturated carbocycles. The summed E-state index contributed by atoms with van der Waals surface area (Å²) < 4.78 is 0. The van der Waals surface area contributed by atoms with Crippen molar-refractivity contribution in [3.63, 3.8) is 0 Å². The van der Waals surface area contributed by atoms with Crippen molar-refractivity contribution in [2.75, 3.05) is 0 Å². The molecule has 1 N–H and O–H groups in total. The van der Waals surface area contributed by atoms with Crippen LogP contribution in [0.4, 0.5) is 0 Å². The van der Waals surface area contributed by atoms with Crippen LogP contribution in [0.1, 0.15) is 20.8 Å². The van der Waals surface area contributed by atoms with Gasteiger partial charge in [0.1, 0.15) is 0 Å². The lowest BCUT2D eigenvalue weighted by atomic mass is 10.1. The predicted molar refractivity (Wildman–Crippen MR) is 36.7 cm³/mol. The molecule has 0 fully saturated rings. The molecule has 0 bridgehead atoms. The van der Waals surface area contributed by atoms with Gasteiger partial charge in [0, 0.05) is 6.04 Å². The molecule has 0 aliphatic rings. The van der Waals surface area contributed by atoms with Gasteiger partial charge >= 0.3 is 0 Å². The summed E-state index contributed by atoms with van der Waals surface area (Å²) in [5.41, 5.74) is 0. The normalized spacial score (nSPS) is 13.4. The van der Waals surface area contributed by atoms with Crippen LogP contribution < -0.4 is 5.32 Å². The van der Waals surface area contributed by atoms with E-state index in [2.05, 4.69) is 5.32 Å². The molecule has 2 heteroatoms. The molecule has 1 amide bonds. The maximum Gasteiger partial charge on any atom is 0.224 e. The van der Waals surface area contributed by atoms with Crippen molar-refractivity contribution >= 4 is 5.91 Å². The van der Waals surface area contributed by atoms with Gasteiger partial charge in [-0.3, -0.25) is 4.79 Å². The van der Waals surface area contributed by atoms with E-state index in [4.69, 9.17) is 6.92 Å². The molecule has 1 unspecified atom stereocenters. The minimum atomic E-state index is -0.448. The lowest BCUT2D eigenvalue weighted by Gasteiger charge is -2.15. The Hall–Kier alpha value is -0.530. The largest absolute Gasteiger partial charge is 0.353 e. The SMILES string of the molecule is [CH]C(=O)NC(C)C(C)C. The Morgan fingerprint density at radius 3 is 2.00 bits per heavy atom. The second-order valence-corrected chi connectivity index (χ2v) is 2.54. The molecule has 0 aromatic heterocycles. The van der Waals surface area contributed by atoms with Gasteiger partial charge in [-0.05, 0) is 12.8 Å². The van der Waals surface area contributed by atoms with Crippen LogP contribution in [0.3, 0.4) is 0 Å². The van der Waals surface area contributed by atoms with Crippen LogP contribution in [0.25, 0.3) is 0 Å². The van der Waals surface area contributed by atoms with Crippen LogP contribution in [-0.4, -0.2) is 11.9 Å². The molecule has 0 aromatic carbocycles. The number of carbonyl (C=O) groups is 1. The van der Waals surface area contributed by atoms with Crippen LogP contribution in [0.15, 0.2) is 0 Å². The smallest absolute Gasteiger partial charge is 0.224 e. The second-order valence-electron chi connectivity index (χ2n) is 2.54. The maximum atomic E-state index is 10.2. The number of hydrogen-bond acceptors (Lipinski definition) is 1. The molecule has 0 heterocycles. The zero-order valence-electron chi connectivity index (χ0n) is 6.14. The van der Waals surface area contributed by atoms with E-state index in [-0.39, 0.29) is 6.04 Å². The zero-order valence-corrected chi connectivity index (χ0v) is 6.14. The summed E-state index contributed by atoms with van der Waals surface area (Å²) >= 11 is 0. The molecule has 1 atom stereocenters. The molecular weight excluding hydrogens is 114 g/mol. The fourth-order valence-electron chi connectivity index (χ4n) is 0.391. The highest BCUT2D eigenvalue weighted by molar-refractivity contribution is 5.80. The Morgan fingerprint density at radius 2 is 1.89 bits per heavy atom. The summed E-state index contributed by atoms with van der Waals surface area (Å²) in [4.78, 5) is 10.2. The monoisotopic (exact) mass is 127 g/mol. The quantitative estimate of drug-likeness (QED) is 0.585. The van der Waals surface area contributed by atoms with Gasteiger partial charge in [0.15, 0.2) is 0 Å². The van der Waals surface area contributed by atoms with Crippen molar-refractivity contribution in [3.05, 3.63) is 6.92 Å². The first-order valence-electron chi connectivity index (χ1n) is 3.10. The van der Waals surface area contributed by atoms with Gasteiger partial charge in [-0.25, -0.2) is 0 Å². The molecule has 0 aliphatic heterocycles. The van der Waals surface area contributed by atoms with E-state index in [1.807, 2.05) is 20.8 Å². The first-order valence-corrected chi connectivity index (χ1v) is 3.10. The van der Waals surface area contributed by atoms with Gasteiger partial charge in [-0.2, -0.15) is 0 Å². The number of amides is 1. The number of carbonyl (C=O) groups excluding carboxylic acids is 1. The van der Waals surface area contributed by atoms with Gasteiger partial charge in [0.05, 0.1) is 6.92 Å². The van der Waals surface area contributed by atoms with Gasteiger partial charge in [0.2, 0.25) is 5.91 Å². The van der Waals surface area contributed by atoms with Gasteiger partial charge in [-0.15, -0.1) is 0 Å². The molecule has 0 saturated heterocycles. The summed E-state index contributed by atoms with van der Waals surface area (Å²) in [5.74, 6) is -0.00583. The van der Waals surface area contributed by atoms with E-state index in [1.165, 1.54) is 0 Å². The van der Waals surface area contributed by atoms with Crippen molar-refractivity contribution in [2.24, 2.45) is 5.92 Å². The van der Waals surface area contributed by atoms with E-state index in [0.29, 0.717) is 5.92 Å². The highest BCUT2D eigenvalue weighted by atomic mass is 16.1. The fourth-order valence-corrected chi connectivity index (χ4v) is 0.391. The van der Waals surface area contributed by atoms with E-state index in [0.717, 1.165) is 0 Å². The average molecular weight is 127 g/mol. The van der Waals surface area contributed by atoms with Crippen LogP contribution >= 0.6 is 0 Å². The lowest BCUT2D eigenvalue weighted by molar-refractivity contribution is -0.117. The van der Waals surface area contributed by atoms with Crippen LogP contribution in [0.2, 0.25) is 0 Å². The Kier molecular flexibility index (Phi) is 3.28. The molecule has 2 nitrogen and oxygen atoms in total. The van der Waals surface area contributed by atoms with Crippen molar-refractivity contribution < 1.29 is 4.79 Å². The molecule has 0 spiro atoms. The van der Waals surface area contributed by atoms with Crippen LogP contribution in [0.5, 0.6) is 0 Å². The van der Waals surface area contributed by atoms with Crippen molar-refractivity contribution in [3.8, 4) is 0 Å². The summed E-state index contributed by atoms with van der Waals surface area (Å²) in [5, 5.41) is 2.58. The molecule has 52 valence electrons. The summed E-state index contributed by atoms with van der Waals surface area (Å²) in [7, 11) is 0. The zero-order chi connectivity index (χ0) is 7.44. The Bertz CT molecular complexity index is 99.1. The topological polar surface area (TPSA) is 29.1 Å². The predicted octanol–water partition coefficient (Wildman–Crippen LogP) is 0.858. The van der Waals surface area contributed by atoms with Crippen molar-refractivity contribution in [1.82, 2.24) is 5.32 Å². The Labute approximate surface area is 56.6 Å². The highest BCUT2D eigenvalue weighted by Gasteiger charge is 2.06. The standard InChI is InChI=1S/C7H13NO/c1-5(2)6(3)8-7(4)9/h4-6H,1-3H3,(H,8,9). The average Bonchev–Trinajstić information content (AvgIpc) is 1.63. The summed E-state index contributed by atoms with van der Waals surface area (Å²) in [6, 6.07) is 0.169. The first kappa shape index (κ1) is 8.47. The third-order valence-electron chi connectivity index (χ3n) is 1.37. The number of rotatable bonds is 2. The summed E-state index contributed by atoms with van der Waals surface area (Å²) in [6.07, 6.45) is 0. The van der Waals surface area contributed by atoms with Crippen LogP contribution in [0, 0.1) is 12.8 Å². The van der Waals surface area contributed by atoms with E-state index in [1.54, 1.807) is 0 Å². The molecule has 0 aromatic rings. The van der Waals surface area contributed by atoms with E-state index >= 15 is 0 Å². The maximum absolute atomic E-state index is 10.2. The number of nitrogens with one attached hydrogen (secondary N) is 1. The second kappa shape index (κ2) is 3.49. The highest BCUT2D eigenvalue weighted by Crippen LogP contribution is 1.98. The van der Waals surface area contributed by atoms with Gasteiger partial charge in [0.25, 0.3) is 0 Å². The minimum Gasteiger partial charge on any atom is -0.353 e. The Morgan fingerprint density at radius 1 is 1.44 bits per heavy atom. The van der Waals surface area contributed by atoms with Crippen LogP contribution in [-0.2, 0) is 4.79 Å². The van der Waals surface area contributed by atoms with Gasteiger partial charge in [-0.1, -0.05) is 13.8 Å². The molecule has 0 rings (SSSR count). The lowest BCUT2D eigenvalue weighted by Crippen LogP contribution is -2.34. The molecule has 2 radical (unpaired) electrons. The number of hydrogen-bond donors (Lipinski definition) is 1.